The van der Waals surface area contributed by atoms with Crippen LogP contribution in [0, 0.1) is 13.8 Å². The summed E-state index contributed by atoms with van der Waals surface area (Å²) in [5.74, 6) is 0.570. The van der Waals surface area contributed by atoms with E-state index in [-0.39, 0.29) is 18.1 Å². The van der Waals surface area contributed by atoms with E-state index in [1.165, 1.54) is 4.68 Å². The number of carbonyl (C=O) groups excluding carboxylic acids is 1. The fourth-order valence-corrected chi connectivity index (χ4v) is 2.94. The lowest BCUT2D eigenvalue weighted by Gasteiger charge is -2.10. The third kappa shape index (κ3) is 3.21. The zero-order valence-electron chi connectivity index (χ0n) is 13.6. The molecule has 0 spiro atoms. The maximum Gasteiger partial charge on any atom is 0.346 e. The Labute approximate surface area is 135 Å². The van der Waals surface area contributed by atoms with Gasteiger partial charge in [-0.2, -0.15) is 5.10 Å². The standard InChI is InChI=1S/C17H22N4O2/c1-12-7-6-8-14(13(12)2)18-16(22)11-21-17(23)20-10-5-3-4-9-15(20)19-21/h6-8H,3-5,9-11H2,1-2H3,(H,18,22). The number of aryl methyl sites for hydroxylation is 2. The molecule has 1 N–H and O–H groups in total. The molecule has 1 aliphatic rings. The largest absolute Gasteiger partial charge is 0.346 e. The molecular formula is C17H22N4O2. The molecule has 2 aromatic rings. The van der Waals surface area contributed by atoms with Gasteiger partial charge < -0.3 is 5.32 Å². The molecule has 0 bridgehead atoms. The zero-order chi connectivity index (χ0) is 16.4. The van der Waals surface area contributed by atoms with E-state index in [4.69, 9.17) is 0 Å². The van der Waals surface area contributed by atoms with Crippen molar-refractivity contribution in [3.05, 3.63) is 45.6 Å². The van der Waals surface area contributed by atoms with Crippen molar-refractivity contribution >= 4 is 11.6 Å². The molecule has 0 atom stereocenters. The lowest BCUT2D eigenvalue weighted by molar-refractivity contribution is -0.117. The zero-order valence-corrected chi connectivity index (χ0v) is 13.6. The summed E-state index contributed by atoms with van der Waals surface area (Å²) < 4.78 is 2.99. The minimum Gasteiger partial charge on any atom is -0.324 e. The van der Waals surface area contributed by atoms with Gasteiger partial charge in [-0.05, 0) is 43.9 Å². The van der Waals surface area contributed by atoms with Gasteiger partial charge in [0.15, 0.2) is 0 Å². The van der Waals surface area contributed by atoms with E-state index < -0.39 is 0 Å². The molecule has 3 rings (SSSR count). The number of benzene rings is 1. The Balaban J connectivity index is 1.76. The Morgan fingerprint density at radius 3 is 2.91 bits per heavy atom. The van der Waals surface area contributed by atoms with Gasteiger partial charge in [0.25, 0.3) is 0 Å². The predicted octanol–water partition coefficient (Wildman–Crippen LogP) is 2.03. The molecule has 0 saturated heterocycles. The first-order valence-electron chi connectivity index (χ1n) is 8.09. The lowest BCUT2D eigenvalue weighted by atomic mass is 10.1. The van der Waals surface area contributed by atoms with E-state index in [1.807, 2.05) is 32.0 Å². The maximum atomic E-state index is 12.4. The molecule has 0 aliphatic carbocycles. The van der Waals surface area contributed by atoms with Gasteiger partial charge >= 0.3 is 5.69 Å². The van der Waals surface area contributed by atoms with E-state index in [1.54, 1.807) is 4.57 Å². The predicted molar refractivity (Wildman–Crippen MR) is 88.6 cm³/mol. The van der Waals surface area contributed by atoms with Crippen LogP contribution in [0.15, 0.2) is 23.0 Å². The van der Waals surface area contributed by atoms with Gasteiger partial charge in [0.05, 0.1) is 0 Å². The molecule has 0 unspecified atom stereocenters. The Hall–Kier alpha value is -2.37. The second kappa shape index (κ2) is 6.40. The van der Waals surface area contributed by atoms with Crippen LogP contribution < -0.4 is 11.0 Å². The van der Waals surface area contributed by atoms with Crippen LogP contribution in [0.25, 0.3) is 0 Å². The molecule has 23 heavy (non-hydrogen) atoms. The normalized spacial score (nSPS) is 14.2. The summed E-state index contributed by atoms with van der Waals surface area (Å²) in [7, 11) is 0. The van der Waals surface area contributed by atoms with Crippen molar-refractivity contribution in [1.82, 2.24) is 14.3 Å². The van der Waals surface area contributed by atoms with Gasteiger partial charge in [0, 0.05) is 18.7 Å². The summed E-state index contributed by atoms with van der Waals surface area (Å²) in [5, 5.41) is 7.21. The van der Waals surface area contributed by atoms with Crippen LogP contribution >= 0.6 is 0 Å². The van der Waals surface area contributed by atoms with Crippen molar-refractivity contribution in [3.8, 4) is 0 Å². The number of rotatable bonds is 3. The molecule has 0 saturated carbocycles. The number of amides is 1. The van der Waals surface area contributed by atoms with Crippen LogP contribution in [0.1, 0.15) is 36.2 Å². The van der Waals surface area contributed by atoms with Gasteiger partial charge in [0.2, 0.25) is 5.91 Å². The van der Waals surface area contributed by atoms with Gasteiger partial charge in [-0.3, -0.25) is 9.36 Å². The summed E-state index contributed by atoms with van der Waals surface area (Å²) >= 11 is 0. The first-order valence-corrected chi connectivity index (χ1v) is 8.09. The molecule has 1 amide bonds. The SMILES string of the molecule is Cc1cccc(NC(=O)Cn2nc3n(c2=O)CCCCC3)c1C. The molecular weight excluding hydrogens is 292 g/mol. The summed E-state index contributed by atoms with van der Waals surface area (Å²) in [6, 6.07) is 5.77. The number of hydrogen-bond acceptors (Lipinski definition) is 3. The van der Waals surface area contributed by atoms with Crippen LogP contribution in [-0.4, -0.2) is 20.3 Å². The van der Waals surface area contributed by atoms with Gasteiger partial charge in [-0.25, -0.2) is 9.48 Å². The number of hydrogen-bond donors (Lipinski definition) is 1. The van der Waals surface area contributed by atoms with E-state index in [0.29, 0.717) is 6.54 Å². The molecule has 1 aromatic heterocycles. The average molecular weight is 314 g/mol. The lowest BCUT2D eigenvalue weighted by Crippen LogP contribution is -2.30. The Morgan fingerprint density at radius 2 is 2.09 bits per heavy atom. The molecule has 1 aromatic carbocycles. The first kappa shape index (κ1) is 15.5. The monoisotopic (exact) mass is 314 g/mol. The fourth-order valence-electron chi connectivity index (χ4n) is 2.94. The van der Waals surface area contributed by atoms with Crippen molar-refractivity contribution in [3.63, 3.8) is 0 Å². The van der Waals surface area contributed by atoms with Gasteiger partial charge in [-0.1, -0.05) is 18.6 Å². The maximum absolute atomic E-state index is 12.4. The molecule has 122 valence electrons. The second-order valence-electron chi connectivity index (χ2n) is 6.11. The first-order chi connectivity index (χ1) is 11.1. The minimum absolute atomic E-state index is 0.0494. The van der Waals surface area contributed by atoms with Crippen LogP contribution in [0.3, 0.4) is 0 Å². The summed E-state index contributed by atoms with van der Waals surface area (Å²) in [5.41, 5.74) is 2.75. The number of carbonyl (C=O) groups is 1. The van der Waals surface area contributed by atoms with Crippen molar-refractivity contribution in [2.75, 3.05) is 5.32 Å². The summed E-state index contributed by atoms with van der Waals surface area (Å²) in [6.45, 7) is 4.62. The van der Waals surface area contributed by atoms with Crippen LogP contribution in [0.2, 0.25) is 0 Å². The van der Waals surface area contributed by atoms with Crippen LogP contribution in [0.5, 0.6) is 0 Å². The molecule has 6 heteroatoms. The summed E-state index contributed by atoms with van der Waals surface area (Å²) in [4.78, 5) is 24.6. The van der Waals surface area contributed by atoms with Crippen LogP contribution in [-0.2, 0) is 24.3 Å². The molecule has 1 aliphatic heterocycles. The quantitative estimate of drug-likeness (QED) is 0.942. The van der Waals surface area contributed by atoms with Crippen molar-refractivity contribution in [2.24, 2.45) is 0 Å². The highest BCUT2D eigenvalue weighted by molar-refractivity contribution is 5.91. The molecule has 2 heterocycles. The molecule has 0 fully saturated rings. The fraction of sp³-hybridized carbons (Fsp3) is 0.471. The molecule has 0 radical (unpaired) electrons. The van der Waals surface area contributed by atoms with Crippen LogP contribution in [0.4, 0.5) is 5.69 Å². The van der Waals surface area contributed by atoms with Crippen molar-refractivity contribution in [1.29, 1.82) is 0 Å². The van der Waals surface area contributed by atoms with Gasteiger partial charge in [0.1, 0.15) is 12.4 Å². The highest BCUT2D eigenvalue weighted by atomic mass is 16.2. The third-order valence-electron chi connectivity index (χ3n) is 4.45. The Bertz CT molecular complexity index is 788. The van der Waals surface area contributed by atoms with E-state index >= 15 is 0 Å². The second-order valence-corrected chi connectivity index (χ2v) is 6.11. The highest BCUT2D eigenvalue weighted by Crippen LogP contribution is 2.17. The average Bonchev–Trinajstić information content (AvgIpc) is 2.69. The van der Waals surface area contributed by atoms with Gasteiger partial charge in [-0.15, -0.1) is 0 Å². The number of aromatic nitrogens is 3. The van der Waals surface area contributed by atoms with Crippen molar-refractivity contribution < 1.29 is 4.79 Å². The highest BCUT2D eigenvalue weighted by Gasteiger charge is 2.17. The number of nitrogens with one attached hydrogen (secondary N) is 1. The topological polar surface area (TPSA) is 68.9 Å². The van der Waals surface area contributed by atoms with E-state index in [2.05, 4.69) is 10.4 Å². The van der Waals surface area contributed by atoms with E-state index in [9.17, 15) is 9.59 Å². The number of nitrogens with zero attached hydrogens (tertiary/aromatic N) is 3. The number of anilines is 1. The Kier molecular flexibility index (Phi) is 4.32. The third-order valence-corrected chi connectivity index (χ3v) is 4.45. The summed E-state index contributed by atoms with van der Waals surface area (Å²) in [6.07, 6.45) is 3.97. The van der Waals surface area contributed by atoms with Crippen molar-refractivity contribution in [2.45, 2.75) is 52.6 Å². The van der Waals surface area contributed by atoms with E-state index in [0.717, 1.165) is 48.3 Å². The smallest absolute Gasteiger partial charge is 0.324 e. The number of fused-ring (bicyclic) bond motifs is 1. The minimum atomic E-state index is -0.228. The molecule has 6 nitrogen and oxygen atoms in total. The Morgan fingerprint density at radius 1 is 1.26 bits per heavy atom.